The summed E-state index contributed by atoms with van der Waals surface area (Å²) < 4.78 is 3.95. The Kier molecular flexibility index (Phi) is 7.25. The molecule has 153 valence electrons. The van der Waals surface area contributed by atoms with Crippen LogP contribution in [0.1, 0.15) is 19.5 Å². The van der Waals surface area contributed by atoms with Gasteiger partial charge in [-0.25, -0.2) is 9.67 Å². The van der Waals surface area contributed by atoms with Crippen molar-refractivity contribution in [3.63, 3.8) is 0 Å². The molecule has 1 heterocycles. The molecule has 2 aromatic carbocycles. The van der Waals surface area contributed by atoms with Gasteiger partial charge >= 0.3 is 0 Å². The number of benzene rings is 2. The molecular formula is C22H24CoN4O2. The maximum Gasteiger partial charge on any atom is 0.178 e. The first-order valence-corrected chi connectivity index (χ1v) is 9.01. The number of nitrogens with zero attached hydrogens (tertiary/aromatic N) is 3. The third-order valence-corrected chi connectivity index (χ3v) is 4.42. The monoisotopic (exact) mass is 435 g/mol. The molecule has 0 aliphatic rings. The fraction of sp³-hybridized carbons (Fsp3) is 0.182. The van der Waals surface area contributed by atoms with Gasteiger partial charge in [0.25, 0.3) is 0 Å². The maximum atomic E-state index is 11.5. The van der Waals surface area contributed by atoms with Crippen LogP contribution in [0.4, 0.5) is 11.4 Å². The average Bonchev–Trinajstić information content (AvgIpc) is 2.88. The van der Waals surface area contributed by atoms with E-state index in [0.29, 0.717) is 11.2 Å². The summed E-state index contributed by atoms with van der Waals surface area (Å²) in [5.74, 6) is 0.0688. The van der Waals surface area contributed by atoms with Crippen molar-refractivity contribution in [2.45, 2.75) is 20.8 Å². The average molecular weight is 435 g/mol. The van der Waals surface area contributed by atoms with Crippen LogP contribution in [-0.2, 0) is 28.6 Å². The summed E-state index contributed by atoms with van der Waals surface area (Å²) in [4.78, 5) is 16.2. The predicted octanol–water partition coefficient (Wildman–Crippen LogP) is 3.96. The Morgan fingerprint density at radius 3 is 2.31 bits per heavy atom. The van der Waals surface area contributed by atoms with Crippen molar-refractivity contribution in [3.05, 3.63) is 77.6 Å². The number of hydrogen-bond donors (Lipinski definition) is 2. The zero-order valence-electron chi connectivity index (χ0n) is 16.8. The first-order valence-electron chi connectivity index (χ1n) is 9.01. The van der Waals surface area contributed by atoms with Gasteiger partial charge in [-0.15, -0.1) is 0 Å². The van der Waals surface area contributed by atoms with E-state index in [1.54, 1.807) is 24.3 Å². The molecule has 0 aliphatic heterocycles. The first-order chi connectivity index (χ1) is 13.4. The Morgan fingerprint density at radius 2 is 1.69 bits per heavy atom. The number of allylic oxidation sites excluding steroid dienone is 2. The Balaban J connectivity index is 0.00000300. The van der Waals surface area contributed by atoms with Gasteiger partial charge in [-0.3, -0.25) is 9.48 Å². The number of para-hydroxylation sites is 3. The molecule has 1 aromatic heterocycles. The minimum atomic E-state index is -0.0336. The van der Waals surface area contributed by atoms with Gasteiger partial charge in [0.05, 0.1) is 11.4 Å². The van der Waals surface area contributed by atoms with E-state index in [4.69, 9.17) is 4.99 Å². The molecular weight excluding hydrogens is 411 g/mol. The van der Waals surface area contributed by atoms with Crippen LogP contribution in [0.25, 0.3) is 5.69 Å². The van der Waals surface area contributed by atoms with E-state index < -0.39 is 0 Å². The van der Waals surface area contributed by atoms with Crippen molar-refractivity contribution >= 4 is 17.2 Å². The summed E-state index contributed by atoms with van der Waals surface area (Å²) in [7, 11) is 1.95. The molecule has 3 rings (SSSR count). The molecule has 1 radical (unpaired) electrons. The standard InChI is InChI=1S/C22H24N4O2.Co/c1-15(14-16(2)27)23-21-17(3)25(4)26(18-10-6-5-7-11-18)22(21)24-19-12-8-9-13-20(19)28;/h5-14,23,28H,1-4H3;/b15-14-,24-22?;. The molecule has 0 unspecified atom stereocenters. The van der Waals surface area contributed by atoms with E-state index in [1.165, 1.54) is 6.92 Å². The number of aromatic nitrogens is 2. The molecule has 0 saturated heterocycles. The first kappa shape index (κ1) is 22.3. The second kappa shape index (κ2) is 9.44. The van der Waals surface area contributed by atoms with Gasteiger partial charge in [-0.1, -0.05) is 30.3 Å². The predicted molar refractivity (Wildman–Crippen MR) is 111 cm³/mol. The van der Waals surface area contributed by atoms with Gasteiger partial charge in [0.2, 0.25) is 0 Å². The van der Waals surface area contributed by atoms with Crippen molar-refractivity contribution in [2.75, 3.05) is 5.32 Å². The summed E-state index contributed by atoms with van der Waals surface area (Å²) in [6.45, 7) is 5.33. The van der Waals surface area contributed by atoms with Crippen molar-refractivity contribution in [1.29, 1.82) is 0 Å². The second-order valence-electron chi connectivity index (χ2n) is 6.62. The van der Waals surface area contributed by atoms with Crippen LogP contribution in [0, 0.1) is 6.92 Å². The molecule has 0 aliphatic carbocycles. The molecule has 0 spiro atoms. The number of phenols is 1. The summed E-state index contributed by atoms with van der Waals surface area (Å²) in [5.41, 5.74) is 4.45. The van der Waals surface area contributed by atoms with Gasteiger partial charge in [-0.2, -0.15) is 0 Å². The molecule has 0 atom stereocenters. The number of rotatable bonds is 5. The van der Waals surface area contributed by atoms with Crippen molar-refractivity contribution in [3.8, 4) is 11.4 Å². The molecule has 6 nitrogen and oxygen atoms in total. The van der Waals surface area contributed by atoms with Gasteiger partial charge in [-0.05, 0) is 51.1 Å². The van der Waals surface area contributed by atoms with Crippen LogP contribution < -0.4 is 10.8 Å². The van der Waals surface area contributed by atoms with Gasteiger partial charge in [0, 0.05) is 29.5 Å². The topological polar surface area (TPSA) is 71.5 Å². The number of phenolic OH excluding ortho intramolecular Hbond substituents is 1. The number of nitrogens with one attached hydrogen (secondary N) is 1. The van der Waals surface area contributed by atoms with E-state index in [9.17, 15) is 9.90 Å². The third kappa shape index (κ3) is 4.88. The van der Waals surface area contributed by atoms with Crippen LogP contribution in [-0.4, -0.2) is 20.3 Å². The van der Waals surface area contributed by atoms with Crippen LogP contribution in [0.5, 0.6) is 5.75 Å². The molecule has 2 N–H and O–H groups in total. The zero-order chi connectivity index (χ0) is 20.3. The van der Waals surface area contributed by atoms with Crippen molar-refractivity contribution in [2.24, 2.45) is 12.0 Å². The van der Waals surface area contributed by atoms with Crippen LogP contribution in [0.2, 0.25) is 0 Å². The van der Waals surface area contributed by atoms with Gasteiger partial charge < -0.3 is 10.4 Å². The summed E-state index contributed by atoms with van der Waals surface area (Å²) in [6.07, 6.45) is 1.54. The van der Waals surface area contributed by atoms with E-state index in [-0.39, 0.29) is 28.3 Å². The number of aromatic hydroxyl groups is 1. The molecule has 7 heteroatoms. The smallest absolute Gasteiger partial charge is 0.178 e. The molecule has 0 saturated carbocycles. The molecule has 29 heavy (non-hydrogen) atoms. The number of hydrogen-bond acceptors (Lipinski definition) is 4. The number of carbonyl (C=O) groups is 1. The number of anilines is 1. The molecule has 0 amide bonds. The SMILES string of the molecule is CC(=O)/C=C(/C)Nc1c(C)n(C)n(-c2ccccc2)c1=Nc1ccccc1O.[Co]. The van der Waals surface area contributed by atoms with Gasteiger partial charge in [0.15, 0.2) is 11.3 Å². The van der Waals surface area contributed by atoms with Crippen molar-refractivity contribution in [1.82, 2.24) is 9.36 Å². The molecule has 0 fully saturated rings. The summed E-state index contributed by atoms with van der Waals surface area (Å²) in [5, 5.41) is 13.5. The minimum absolute atomic E-state index is 0. The quantitative estimate of drug-likeness (QED) is 0.596. The van der Waals surface area contributed by atoms with E-state index in [1.807, 2.05) is 66.7 Å². The Morgan fingerprint density at radius 1 is 1.07 bits per heavy atom. The Labute approximate surface area is 180 Å². The number of ketones is 1. The van der Waals surface area contributed by atoms with Gasteiger partial charge in [0.1, 0.15) is 17.1 Å². The molecule has 0 bridgehead atoms. The Hall–Kier alpha value is -3.03. The summed E-state index contributed by atoms with van der Waals surface area (Å²) >= 11 is 0. The number of carbonyl (C=O) groups excluding carboxylic acids is 1. The van der Waals surface area contributed by atoms with Crippen LogP contribution in [0.3, 0.4) is 0 Å². The van der Waals surface area contributed by atoms with Crippen LogP contribution in [0.15, 0.2) is 71.4 Å². The third-order valence-electron chi connectivity index (χ3n) is 4.42. The van der Waals surface area contributed by atoms with E-state index in [0.717, 1.165) is 22.8 Å². The maximum absolute atomic E-state index is 11.5. The second-order valence-corrected chi connectivity index (χ2v) is 6.62. The van der Waals surface area contributed by atoms with Crippen molar-refractivity contribution < 1.29 is 26.7 Å². The zero-order valence-corrected chi connectivity index (χ0v) is 17.8. The van der Waals surface area contributed by atoms with Crippen LogP contribution >= 0.6 is 0 Å². The fourth-order valence-corrected chi connectivity index (χ4v) is 3.05. The van der Waals surface area contributed by atoms with E-state index >= 15 is 0 Å². The minimum Gasteiger partial charge on any atom is -0.506 e. The van der Waals surface area contributed by atoms with E-state index in [2.05, 4.69) is 5.32 Å². The fourth-order valence-electron chi connectivity index (χ4n) is 3.05. The largest absolute Gasteiger partial charge is 0.506 e. The Bertz CT molecular complexity index is 1110. The molecule has 3 aromatic rings. The summed E-state index contributed by atoms with van der Waals surface area (Å²) in [6, 6.07) is 16.8. The normalized spacial score (nSPS) is 11.9.